The third kappa shape index (κ3) is 6.08. The summed E-state index contributed by atoms with van der Waals surface area (Å²) in [6.07, 6.45) is 0.0975. The number of hydrogen-bond donors (Lipinski definition) is 0. The number of carbonyl (C=O) groups excluding carboxylic acids is 2. The highest BCUT2D eigenvalue weighted by Gasteiger charge is 2.37. The van der Waals surface area contributed by atoms with Crippen LogP contribution in [-0.2, 0) is 19.1 Å². The molecule has 0 fully saturated rings. The van der Waals surface area contributed by atoms with Crippen molar-refractivity contribution in [1.82, 2.24) is 0 Å². The molecular formula is C15H28O4. The van der Waals surface area contributed by atoms with E-state index in [0.29, 0.717) is 5.92 Å². The molecule has 0 aliphatic rings. The largest absolute Gasteiger partial charge is 0.458 e. The van der Waals surface area contributed by atoms with Crippen LogP contribution in [0.3, 0.4) is 0 Å². The molecule has 0 aromatic rings. The summed E-state index contributed by atoms with van der Waals surface area (Å²) >= 11 is 0. The van der Waals surface area contributed by atoms with Crippen molar-refractivity contribution in [2.24, 2.45) is 17.8 Å². The van der Waals surface area contributed by atoms with Crippen LogP contribution in [0.1, 0.15) is 54.9 Å². The van der Waals surface area contributed by atoms with Crippen LogP contribution in [0.4, 0.5) is 0 Å². The van der Waals surface area contributed by atoms with Crippen molar-refractivity contribution in [2.45, 2.75) is 67.1 Å². The molecule has 0 rings (SSSR count). The Hall–Kier alpha value is -1.06. The molecule has 3 unspecified atom stereocenters. The first-order valence-corrected chi connectivity index (χ1v) is 7.05. The Morgan fingerprint density at radius 1 is 0.842 bits per heavy atom. The topological polar surface area (TPSA) is 52.6 Å². The Morgan fingerprint density at radius 3 is 1.53 bits per heavy atom. The highest BCUT2D eigenvalue weighted by Crippen LogP contribution is 2.29. The van der Waals surface area contributed by atoms with E-state index in [1.807, 2.05) is 13.8 Å². The van der Waals surface area contributed by atoms with Crippen LogP contribution in [0.2, 0.25) is 0 Å². The molecule has 0 radical (unpaired) electrons. The molecule has 0 spiro atoms. The van der Waals surface area contributed by atoms with Crippen molar-refractivity contribution in [3.63, 3.8) is 0 Å². The van der Waals surface area contributed by atoms with E-state index in [-0.39, 0.29) is 29.9 Å². The van der Waals surface area contributed by atoms with Gasteiger partial charge in [-0.05, 0) is 18.3 Å². The van der Waals surface area contributed by atoms with Crippen molar-refractivity contribution in [3.05, 3.63) is 0 Å². The summed E-state index contributed by atoms with van der Waals surface area (Å²) in [6, 6.07) is 0. The molecule has 0 saturated carbocycles. The van der Waals surface area contributed by atoms with Crippen molar-refractivity contribution in [3.8, 4) is 0 Å². The van der Waals surface area contributed by atoms with Gasteiger partial charge in [0, 0.05) is 19.8 Å². The lowest BCUT2D eigenvalue weighted by Crippen LogP contribution is -2.44. The molecule has 0 aromatic heterocycles. The first-order chi connectivity index (χ1) is 8.70. The van der Waals surface area contributed by atoms with Crippen molar-refractivity contribution in [1.29, 1.82) is 0 Å². The first kappa shape index (κ1) is 17.9. The maximum atomic E-state index is 11.3. The van der Waals surface area contributed by atoms with Crippen molar-refractivity contribution >= 4 is 11.9 Å². The molecule has 112 valence electrons. The minimum atomic E-state index is -0.395. The molecule has 3 atom stereocenters. The number of ether oxygens (including phenoxy) is 2. The summed E-state index contributed by atoms with van der Waals surface area (Å²) in [7, 11) is 0. The quantitative estimate of drug-likeness (QED) is 0.668. The van der Waals surface area contributed by atoms with Crippen LogP contribution in [0.25, 0.3) is 0 Å². The highest BCUT2D eigenvalue weighted by molar-refractivity contribution is 5.67. The maximum absolute atomic E-state index is 11.3. The standard InChI is InChI=1S/C15H28O4/c1-8-13(9(2)3)15(19-12(7)17)14(10(4)5)18-11(6)16/h9-10,13-15H,8H2,1-7H3. The van der Waals surface area contributed by atoms with E-state index in [1.165, 1.54) is 13.8 Å². The van der Waals surface area contributed by atoms with Gasteiger partial charge in [0.25, 0.3) is 0 Å². The molecule has 0 aromatic carbocycles. The number of rotatable bonds is 7. The minimum absolute atomic E-state index is 0.0982. The molecule has 4 heteroatoms. The zero-order valence-corrected chi connectivity index (χ0v) is 13.2. The van der Waals surface area contributed by atoms with Crippen LogP contribution < -0.4 is 0 Å². The molecule has 0 bridgehead atoms. The summed E-state index contributed by atoms with van der Waals surface area (Å²) < 4.78 is 10.9. The lowest BCUT2D eigenvalue weighted by atomic mass is 9.82. The van der Waals surface area contributed by atoms with Gasteiger partial charge in [0.15, 0.2) is 0 Å². The Morgan fingerprint density at radius 2 is 1.26 bits per heavy atom. The molecular weight excluding hydrogens is 244 g/mol. The Labute approximate surface area is 116 Å². The number of esters is 2. The average Bonchev–Trinajstić information content (AvgIpc) is 2.23. The zero-order valence-electron chi connectivity index (χ0n) is 13.2. The third-order valence-corrected chi connectivity index (χ3v) is 3.33. The second-order valence-corrected chi connectivity index (χ2v) is 5.71. The summed E-state index contributed by atoms with van der Waals surface area (Å²) in [5.74, 6) is -0.0424. The third-order valence-electron chi connectivity index (χ3n) is 3.33. The smallest absolute Gasteiger partial charge is 0.303 e. The van der Waals surface area contributed by atoms with Gasteiger partial charge in [0.1, 0.15) is 12.2 Å². The van der Waals surface area contributed by atoms with Gasteiger partial charge in [0.05, 0.1) is 0 Å². The number of carbonyl (C=O) groups is 2. The van der Waals surface area contributed by atoms with Gasteiger partial charge in [0.2, 0.25) is 0 Å². The predicted molar refractivity (Wildman–Crippen MR) is 74.6 cm³/mol. The van der Waals surface area contributed by atoms with Gasteiger partial charge in [-0.3, -0.25) is 9.59 Å². The molecule has 19 heavy (non-hydrogen) atoms. The Kier molecular flexibility index (Phi) is 7.72. The molecule has 4 nitrogen and oxygen atoms in total. The lowest BCUT2D eigenvalue weighted by Gasteiger charge is -2.36. The molecule has 0 aliphatic carbocycles. The van der Waals surface area contributed by atoms with Gasteiger partial charge < -0.3 is 9.47 Å². The van der Waals surface area contributed by atoms with E-state index in [9.17, 15) is 9.59 Å². The van der Waals surface area contributed by atoms with Crippen LogP contribution in [0.5, 0.6) is 0 Å². The number of hydrogen-bond acceptors (Lipinski definition) is 4. The van der Waals surface area contributed by atoms with Gasteiger partial charge in [-0.1, -0.05) is 34.6 Å². The second-order valence-electron chi connectivity index (χ2n) is 5.71. The molecule has 0 N–H and O–H groups in total. The SMILES string of the molecule is CCC(C(C)C)C(OC(C)=O)C(OC(C)=O)C(C)C. The second kappa shape index (κ2) is 8.18. The van der Waals surface area contributed by atoms with Gasteiger partial charge in [-0.15, -0.1) is 0 Å². The predicted octanol–water partition coefficient (Wildman–Crippen LogP) is 3.19. The van der Waals surface area contributed by atoms with E-state index in [1.54, 1.807) is 0 Å². The summed E-state index contributed by atoms with van der Waals surface area (Å²) in [4.78, 5) is 22.6. The van der Waals surface area contributed by atoms with Crippen molar-refractivity contribution in [2.75, 3.05) is 0 Å². The lowest BCUT2D eigenvalue weighted by molar-refractivity contribution is -0.176. The Bertz CT molecular complexity index is 297. The van der Waals surface area contributed by atoms with Crippen LogP contribution in [-0.4, -0.2) is 24.1 Å². The van der Waals surface area contributed by atoms with E-state index in [0.717, 1.165) is 6.42 Å². The fraction of sp³-hybridized carbons (Fsp3) is 0.867. The molecule has 0 saturated heterocycles. The van der Waals surface area contributed by atoms with Crippen LogP contribution in [0, 0.1) is 17.8 Å². The average molecular weight is 272 g/mol. The monoisotopic (exact) mass is 272 g/mol. The van der Waals surface area contributed by atoms with Crippen LogP contribution in [0.15, 0.2) is 0 Å². The highest BCUT2D eigenvalue weighted by atomic mass is 16.6. The summed E-state index contributed by atoms with van der Waals surface area (Å²) in [5, 5.41) is 0. The molecule has 0 heterocycles. The van der Waals surface area contributed by atoms with E-state index in [2.05, 4.69) is 20.8 Å². The van der Waals surface area contributed by atoms with Gasteiger partial charge >= 0.3 is 11.9 Å². The zero-order chi connectivity index (χ0) is 15.2. The fourth-order valence-corrected chi connectivity index (χ4v) is 2.45. The van der Waals surface area contributed by atoms with Gasteiger partial charge in [-0.25, -0.2) is 0 Å². The van der Waals surface area contributed by atoms with Crippen molar-refractivity contribution < 1.29 is 19.1 Å². The van der Waals surface area contributed by atoms with Gasteiger partial charge in [-0.2, -0.15) is 0 Å². The maximum Gasteiger partial charge on any atom is 0.303 e. The molecule has 0 aliphatic heterocycles. The molecule has 0 amide bonds. The van der Waals surface area contributed by atoms with E-state index >= 15 is 0 Å². The first-order valence-electron chi connectivity index (χ1n) is 7.05. The van der Waals surface area contributed by atoms with Crippen LogP contribution >= 0.6 is 0 Å². The Balaban J connectivity index is 5.25. The minimum Gasteiger partial charge on any atom is -0.458 e. The summed E-state index contributed by atoms with van der Waals surface area (Å²) in [6.45, 7) is 13.0. The van der Waals surface area contributed by atoms with E-state index < -0.39 is 6.10 Å². The normalized spacial score (nSPS) is 16.1. The summed E-state index contributed by atoms with van der Waals surface area (Å²) in [5.41, 5.74) is 0. The fourth-order valence-electron chi connectivity index (χ4n) is 2.45. The van der Waals surface area contributed by atoms with E-state index in [4.69, 9.17) is 9.47 Å².